The highest BCUT2D eigenvalue weighted by atomic mass is 79.9. The van der Waals surface area contributed by atoms with Gasteiger partial charge in [-0.2, -0.15) is 0 Å². The third-order valence-electron chi connectivity index (χ3n) is 4.87. The number of ether oxygens (including phenoxy) is 1. The number of methoxy groups -OCH3 is 1. The van der Waals surface area contributed by atoms with Gasteiger partial charge in [-0.15, -0.1) is 0 Å². The number of halogens is 1. The molecule has 0 spiro atoms. The van der Waals surface area contributed by atoms with E-state index in [0.29, 0.717) is 6.04 Å². The average molecular weight is 439 g/mol. The summed E-state index contributed by atoms with van der Waals surface area (Å²) in [5.74, 6) is 0.968. The second-order valence-corrected chi connectivity index (χ2v) is 8.05. The molecule has 1 heterocycles. The third kappa shape index (κ3) is 9.08. The molecular weight excluding hydrogens is 404 g/mol. The Hall–Kier alpha value is -1.11. The van der Waals surface area contributed by atoms with Gasteiger partial charge in [0.25, 0.3) is 0 Å². The summed E-state index contributed by atoms with van der Waals surface area (Å²) in [4.78, 5) is 7.28. The molecule has 0 radical (unpaired) electrons. The highest BCUT2D eigenvalue weighted by Gasteiger charge is 2.20. The van der Waals surface area contributed by atoms with Crippen molar-refractivity contribution in [2.75, 3.05) is 39.9 Å². The Balaban J connectivity index is 1.70. The van der Waals surface area contributed by atoms with Crippen LogP contribution < -0.4 is 10.6 Å². The predicted molar refractivity (Wildman–Crippen MR) is 117 cm³/mol. The molecule has 0 aromatic heterocycles. The van der Waals surface area contributed by atoms with Gasteiger partial charge in [0.1, 0.15) is 0 Å². The summed E-state index contributed by atoms with van der Waals surface area (Å²) < 4.78 is 6.24. The van der Waals surface area contributed by atoms with E-state index >= 15 is 0 Å². The lowest BCUT2D eigenvalue weighted by Crippen LogP contribution is -2.48. The quantitative estimate of drug-likeness (QED) is 0.331. The maximum absolute atomic E-state index is 5.09. The molecule has 1 aromatic rings. The summed E-state index contributed by atoms with van der Waals surface area (Å²) in [5, 5.41) is 7.02. The second-order valence-electron chi connectivity index (χ2n) is 7.14. The Labute approximate surface area is 173 Å². The van der Waals surface area contributed by atoms with Crippen molar-refractivity contribution in [1.29, 1.82) is 0 Å². The summed E-state index contributed by atoms with van der Waals surface area (Å²) >= 11 is 3.50. The normalized spacial score (nSPS) is 16.5. The molecule has 152 valence electrons. The van der Waals surface area contributed by atoms with Gasteiger partial charge in [0.2, 0.25) is 0 Å². The molecule has 0 saturated carbocycles. The zero-order valence-electron chi connectivity index (χ0n) is 16.8. The first kappa shape index (κ1) is 22.2. The van der Waals surface area contributed by atoms with Crippen LogP contribution in [0.2, 0.25) is 0 Å². The van der Waals surface area contributed by atoms with Crippen molar-refractivity contribution < 1.29 is 4.74 Å². The molecule has 1 aliphatic heterocycles. The average Bonchev–Trinajstić information content (AvgIpc) is 2.68. The number of unbranched alkanes of at least 4 members (excludes halogenated alkanes) is 2. The lowest BCUT2D eigenvalue weighted by atomic mass is 10.0. The monoisotopic (exact) mass is 438 g/mol. The summed E-state index contributed by atoms with van der Waals surface area (Å²) in [7, 11) is 1.76. The fourth-order valence-corrected chi connectivity index (χ4v) is 3.59. The van der Waals surface area contributed by atoms with Crippen LogP contribution in [0.25, 0.3) is 0 Å². The number of piperidine rings is 1. The van der Waals surface area contributed by atoms with Crippen LogP contribution in [-0.4, -0.2) is 56.8 Å². The van der Waals surface area contributed by atoms with Crippen molar-refractivity contribution >= 4 is 21.9 Å². The molecule has 2 rings (SSSR count). The summed E-state index contributed by atoms with van der Waals surface area (Å²) in [5.41, 5.74) is 1.38. The number of aliphatic imine (C=N–C) groups is 1. The Kier molecular flexibility index (Phi) is 10.8. The molecule has 5 nitrogen and oxygen atoms in total. The lowest BCUT2D eigenvalue weighted by Gasteiger charge is -2.33. The molecule has 0 amide bonds. The van der Waals surface area contributed by atoms with Crippen molar-refractivity contribution in [3.63, 3.8) is 0 Å². The van der Waals surface area contributed by atoms with Crippen LogP contribution in [0.15, 0.2) is 33.7 Å². The smallest absolute Gasteiger partial charge is 0.191 e. The van der Waals surface area contributed by atoms with E-state index in [1.807, 2.05) is 0 Å². The Bertz CT molecular complexity index is 542. The molecule has 27 heavy (non-hydrogen) atoms. The summed E-state index contributed by atoms with van der Waals surface area (Å²) in [6.07, 6.45) is 5.73. The standard InChI is InChI=1S/C21H35BrN4O/c1-3-23-21(24-13-5-4-6-16-27-2)25-20-11-14-26(15-12-20)17-18-7-9-19(22)10-8-18/h7-10,20H,3-6,11-17H2,1-2H3,(H2,23,24,25). The first-order valence-corrected chi connectivity index (χ1v) is 11.0. The molecule has 2 N–H and O–H groups in total. The van der Waals surface area contributed by atoms with Crippen molar-refractivity contribution in [2.24, 2.45) is 4.99 Å². The molecule has 0 bridgehead atoms. The van der Waals surface area contributed by atoms with E-state index in [1.54, 1.807) is 7.11 Å². The van der Waals surface area contributed by atoms with Gasteiger partial charge in [-0.25, -0.2) is 0 Å². The van der Waals surface area contributed by atoms with Gasteiger partial charge in [-0.3, -0.25) is 9.89 Å². The molecule has 6 heteroatoms. The van der Waals surface area contributed by atoms with Gasteiger partial charge < -0.3 is 15.4 Å². The van der Waals surface area contributed by atoms with Crippen LogP contribution in [0.5, 0.6) is 0 Å². The molecule has 1 saturated heterocycles. The first-order valence-electron chi connectivity index (χ1n) is 10.2. The lowest BCUT2D eigenvalue weighted by molar-refractivity contribution is 0.192. The van der Waals surface area contributed by atoms with Crippen LogP contribution in [0, 0.1) is 0 Å². The number of hydrogen-bond acceptors (Lipinski definition) is 3. The van der Waals surface area contributed by atoms with Gasteiger partial charge in [-0.1, -0.05) is 28.1 Å². The summed E-state index contributed by atoms with van der Waals surface area (Å²) in [6, 6.07) is 9.17. The molecule has 0 atom stereocenters. The second kappa shape index (κ2) is 13.1. The SMILES string of the molecule is CCNC(=NCCCCCOC)NC1CCN(Cc2ccc(Br)cc2)CC1. The van der Waals surface area contributed by atoms with E-state index in [0.717, 1.165) is 75.4 Å². The van der Waals surface area contributed by atoms with Gasteiger partial charge >= 0.3 is 0 Å². The zero-order chi connectivity index (χ0) is 19.3. The minimum atomic E-state index is 0.512. The van der Waals surface area contributed by atoms with E-state index in [2.05, 4.69) is 62.7 Å². The highest BCUT2D eigenvalue weighted by molar-refractivity contribution is 9.10. The first-order chi connectivity index (χ1) is 13.2. The summed E-state index contributed by atoms with van der Waals surface area (Å²) in [6.45, 7) is 8.04. The molecule has 0 unspecified atom stereocenters. The fourth-order valence-electron chi connectivity index (χ4n) is 3.32. The van der Waals surface area contributed by atoms with Crippen molar-refractivity contribution in [1.82, 2.24) is 15.5 Å². The highest BCUT2D eigenvalue weighted by Crippen LogP contribution is 2.16. The third-order valence-corrected chi connectivity index (χ3v) is 5.40. The molecular formula is C21H35BrN4O. The minimum Gasteiger partial charge on any atom is -0.385 e. The van der Waals surface area contributed by atoms with Gasteiger partial charge in [0, 0.05) is 57.0 Å². The Morgan fingerprint density at radius 3 is 2.59 bits per heavy atom. The number of likely N-dealkylation sites (tertiary alicyclic amines) is 1. The maximum Gasteiger partial charge on any atom is 0.191 e. The molecule has 1 aliphatic rings. The molecule has 1 aromatic carbocycles. The fraction of sp³-hybridized carbons (Fsp3) is 0.667. The van der Waals surface area contributed by atoms with Crippen LogP contribution in [-0.2, 0) is 11.3 Å². The van der Waals surface area contributed by atoms with Gasteiger partial charge in [-0.05, 0) is 56.7 Å². The molecule has 0 aliphatic carbocycles. The number of hydrogen-bond donors (Lipinski definition) is 2. The number of rotatable bonds is 10. The van der Waals surface area contributed by atoms with Crippen LogP contribution in [0.3, 0.4) is 0 Å². The van der Waals surface area contributed by atoms with Crippen LogP contribution in [0.1, 0.15) is 44.6 Å². The number of guanidine groups is 1. The van der Waals surface area contributed by atoms with Crippen molar-refractivity contribution in [3.8, 4) is 0 Å². The Morgan fingerprint density at radius 1 is 1.19 bits per heavy atom. The number of benzene rings is 1. The Morgan fingerprint density at radius 2 is 1.93 bits per heavy atom. The number of nitrogens with one attached hydrogen (secondary N) is 2. The largest absolute Gasteiger partial charge is 0.385 e. The van der Waals surface area contributed by atoms with E-state index in [-0.39, 0.29) is 0 Å². The number of nitrogens with zero attached hydrogens (tertiary/aromatic N) is 2. The molecule has 1 fully saturated rings. The van der Waals surface area contributed by atoms with E-state index in [9.17, 15) is 0 Å². The predicted octanol–water partition coefficient (Wildman–Crippen LogP) is 3.79. The van der Waals surface area contributed by atoms with E-state index in [4.69, 9.17) is 9.73 Å². The van der Waals surface area contributed by atoms with Crippen molar-refractivity contribution in [3.05, 3.63) is 34.3 Å². The van der Waals surface area contributed by atoms with Crippen molar-refractivity contribution in [2.45, 2.75) is 51.6 Å². The van der Waals surface area contributed by atoms with Gasteiger partial charge in [0.15, 0.2) is 5.96 Å². The van der Waals surface area contributed by atoms with Crippen LogP contribution in [0.4, 0.5) is 0 Å². The van der Waals surface area contributed by atoms with E-state index in [1.165, 1.54) is 12.0 Å². The topological polar surface area (TPSA) is 48.9 Å². The van der Waals surface area contributed by atoms with Crippen LogP contribution >= 0.6 is 15.9 Å². The maximum atomic E-state index is 5.09. The van der Waals surface area contributed by atoms with E-state index < -0.39 is 0 Å². The minimum absolute atomic E-state index is 0.512. The van der Waals surface area contributed by atoms with Gasteiger partial charge in [0.05, 0.1) is 0 Å². The zero-order valence-corrected chi connectivity index (χ0v) is 18.4.